The Bertz CT molecular complexity index is 492. The number of ether oxygens (including phenoxy) is 2. The third-order valence-corrected chi connectivity index (χ3v) is 5.34. The highest BCUT2D eigenvalue weighted by Crippen LogP contribution is 2.40. The predicted molar refractivity (Wildman–Crippen MR) is 84.7 cm³/mol. The van der Waals surface area contributed by atoms with Gasteiger partial charge in [-0.1, -0.05) is 26.7 Å². The van der Waals surface area contributed by atoms with E-state index in [1.807, 2.05) is 6.07 Å². The molecular weight excluding hydrogens is 318 g/mol. The molecule has 0 bridgehead atoms. The Morgan fingerprint density at radius 2 is 1.80 bits per heavy atom. The van der Waals surface area contributed by atoms with Crippen LogP contribution in [-0.2, 0) is 0 Å². The van der Waals surface area contributed by atoms with Crippen molar-refractivity contribution in [3.63, 3.8) is 0 Å². The van der Waals surface area contributed by atoms with Crippen LogP contribution in [0.1, 0.15) is 33.1 Å². The second kappa shape index (κ2) is 5.84. The molecule has 20 heavy (non-hydrogen) atoms. The zero-order valence-corrected chi connectivity index (χ0v) is 13.7. The van der Waals surface area contributed by atoms with Gasteiger partial charge in [0.25, 0.3) is 0 Å². The molecule has 1 aliphatic carbocycles. The van der Waals surface area contributed by atoms with Gasteiger partial charge in [-0.05, 0) is 34.2 Å². The molecule has 3 rings (SSSR count). The lowest BCUT2D eigenvalue weighted by Gasteiger charge is -2.35. The van der Waals surface area contributed by atoms with E-state index in [2.05, 4.69) is 41.2 Å². The van der Waals surface area contributed by atoms with Gasteiger partial charge >= 0.3 is 0 Å². The van der Waals surface area contributed by atoms with Gasteiger partial charge in [0.15, 0.2) is 11.5 Å². The van der Waals surface area contributed by atoms with Crippen molar-refractivity contribution in [1.82, 2.24) is 0 Å². The van der Waals surface area contributed by atoms with E-state index >= 15 is 0 Å². The number of hydrogen-bond acceptors (Lipinski definition) is 3. The Balaban J connectivity index is 1.80. The van der Waals surface area contributed by atoms with E-state index in [4.69, 9.17) is 9.47 Å². The molecular formula is C16H22BrNO2. The van der Waals surface area contributed by atoms with E-state index in [1.54, 1.807) is 0 Å². The predicted octanol–water partition coefficient (Wildman–Crippen LogP) is 4.46. The molecule has 1 aromatic carbocycles. The minimum atomic E-state index is 0.539. The van der Waals surface area contributed by atoms with E-state index in [0.717, 1.165) is 27.6 Å². The van der Waals surface area contributed by atoms with Gasteiger partial charge in [-0.2, -0.15) is 0 Å². The number of rotatable bonds is 2. The first-order chi connectivity index (χ1) is 9.65. The fourth-order valence-electron chi connectivity index (χ4n) is 3.16. The van der Waals surface area contributed by atoms with Gasteiger partial charge in [-0.25, -0.2) is 0 Å². The maximum atomic E-state index is 5.67. The van der Waals surface area contributed by atoms with Crippen LogP contribution in [0.5, 0.6) is 11.5 Å². The first kappa shape index (κ1) is 14.1. The zero-order valence-electron chi connectivity index (χ0n) is 12.1. The van der Waals surface area contributed by atoms with E-state index in [0.29, 0.717) is 25.2 Å². The Labute approximate surface area is 129 Å². The van der Waals surface area contributed by atoms with Gasteiger partial charge in [0.05, 0.1) is 5.69 Å². The van der Waals surface area contributed by atoms with Crippen LogP contribution in [0.4, 0.5) is 5.69 Å². The molecule has 0 radical (unpaired) electrons. The molecule has 1 heterocycles. The lowest BCUT2D eigenvalue weighted by molar-refractivity contribution is 0.171. The summed E-state index contributed by atoms with van der Waals surface area (Å²) in [4.78, 5) is 0. The Morgan fingerprint density at radius 3 is 2.55 bits per heavy atom. The number of fused-ring (bicyclic) bond motifs is 1. The average Bonchev–Trinajstić information content (AvgIpc) is 2.44. The van der Waals surface area contributed by atoms with Crippen molar-refractivity contribution in [1.29, 1.82) is 0 Å². The van der Waals surface area contributed by atoms with Crippen molar-refractivity contribution < 1.29 is 9.47 Å². The smallest absolute Gasteiger partial charge is 0.163 e. The van der Waals surface area contributed by atoms with E-state index in [-0.39, 0.29) is 0 Å². The maximum Gasteiger partial charge on any atom is 0.163 e. The van der Waals surface area contributed by atoms with Crippen LogP contribution in [0, 0.1) is 11.8 Å². The second-order valence-corrected chi connectivity index (χ2v) is 6.85. The van der Waals surface area contributed by atoms with Gasteiger partial charge in [0.1, 0.15) is 13.2 Å². The number of benzene rings is 1. The summed E-state index contributed by atoms with van der Waals surface area (Å²) in [5.74, 6) is 3.17. The standard InChI is InChI=1S/C16H22BrNO2/c1-10-4-3-5-13(11(10)2)18-14-9-16-15(8-12(14)17)19-6-7-20-16/h8-11,13,18H,3-7H2,1-2H3. The van der Waals surface area contributed by atoms with Crippen LogP contribution in [0.15, 0.2) is 16.6 Å². The minimum absolute atomic E-state index is 0.539. The monoisotopic (exact) mass is 339 g/mol. The molecule has 2 aliphatic rings. The third kappa shape index (κ3) is 2.76. The minimum Gasteiger partial charge on any atom is -0.486 e. The summed E-state index contributed by atoms with van der Waals surface area (Å²) in [6, 6.07) is 4.61. The molecule has 0 amide bonds. The molecule has 1 N–H and O–H groups in total. The highest BCUT2D eigenvalue weighted by atomic mass is 79.9. The molecule has 1 fully saturated rings. The van der Waals surface area contributed by atoms with Crippen molar-refractivity contribution in [3.8, 4) is 11.5 Å². The van der Waals surface area contributed by atoms with Crippen LogP contribution in [0.25, 0.3) is 0 Å². The van der Waals surface area contributed by atoms with Crippen LogP contribution in [-0.4, -0.2) is 19.3 Å². The summed E-state index contributed by atoms with van der Waals surface area (Å²) in [7, 11) is 0. The van der Waals surface area contributed by atoms with E-state index < -0.39 is 0 Å². The molecule has 3 atom stereocenters. The first-order valence-corrected chi connectivity index (χ1v) is 8.30. The Kier molecular flexibility index (Phi) is 4.11. The highest BCUT2D eigenvalue weighted by Gasteiger charge is 2.27. The number of anilines is 1. The summed E-state index contributed by atoms with van der Waals surface area (Å²) in [6.07, 6.45) is 3.90. The quantitative estimate of drug-likeness (QED) is 0.862. The van der Waals surface area contributed by atoms with Crippen LogP contribution in [0.2, 0.25) is 0 Å². The first-order valence-electron chi connectivity index (χ1n) is 7.51. The van der Waals surface area contributed by atoms with Crippen LogP contribution < -0.4 is 14.8 Å². The fraction of sp³-hybridized carbons (Fsp3) is 0.625. The fourth-order valence-corrected chi connectivity index (χ4v) is 3.60. The van der Waals surface area contributed by atoms with E-state index in [9.17, 15) is 0 Å². The third-order valence-electron chi connectivity index (χ3n) is 4.68. The van der Waals surface area contributed by atoms with Crippen molar-refractivity contribution >= 4 is 21.6 Å². The summed E-state index contributed by atoms with van der Waals surface area (Å²) >= 11 is 3.64. The summed E-state index contributed by atoms with van der Waals surface area (Å²) in [6.45, 7) is 5.97. The number of halogens is 1. The Morgan fingerprint density at radius 1 is 1.10 bits per heavy atom. The van der Waals surface area contributed by atoms with Gasteiger partial charge < -0.3 is 14.8 Å². The molecule has 1 aliphatic heterocycles. The van der Waals surface area contributed by atoms with Gasteiger partial charge in [0.2, 0.25) is 0 Å². The van der Waals surface area contributed by atoms with Gasteiger partial charge in [-0.15, -0.1) is 0 Å². The van der Waals surface area contributed by atoms with Crippen LogP contribution >= 0.6 is 15.9 Å². The van der Waals surface area contributed by atoms with Gasteiger partial charge in [0, 0.05) is 22.6 Å². The second-order valence-electron chi connectivity index (χ2n) is 5.99. The molecule has 1 saturated carbocycles. The maximum absolute atomic E-state index is 5.67. The molecule has 3 nitrogen and oxygen atoms in total. The summed E-state index contributed by atoms with van der Waals surface area (Å²) in [5.41, 5.74) is 1.11. The number of nitrogens with one attached hydrogen (secondary N) is 1. The normalized spacial score (nSPS) is 29.1. The molecule has 3 unspecified atom stereocenters. The van der Waals surface area contributed by atoms with Gasteiger partial charge in [-0.3, -0.25) is 0 Å². The van der Waals surface area contributed by atoms with Crippen molar-refractivity contribution in [3.05, 3.63) is 16.6 Å². The topological polar surface area (TPSA) is 30.5 Å². The largest absolute Gasteiger partial charge is 0.486 e. The van der Waals surface area contributed by atoms with Crippen LogP contribution in [0.3, 0.4) is 0 Å². The molecule has 0 spiro atoms. The highest BCUT2D eigenvalue weighted by molar-refractivity contribution is 9.10. The molecule has 110 valence electrons. The average molecular weight is 340 g/mol. The molecule has 0 aromatic heterocycles. The van der Waals surface area contributed by atoms with Crippen molar-refractivity contribution in [2.45, 2.75) is 39.2 Å². The lowest BCUT2D eigenvalue weighted by atomic mass is 9.78. The number of hydrogen-bond donors (Lipinski definition) is 1. The summed E-state index contributed by atoms with van der Waals surface area (Å²) in [5, 5.41) is 3.70. The van der Waals surface area contributed by atoms with E-state index in [1.165, 1.54) is 19.3 Å². The Hall–Kier alpha value is -0.900. The molecule has 4 heteroatoms. The molecule has 1 aromatic rings. The molecule has 0 saturated heterocycles. The zero-order chi connectivity index (χ0) is 14.1. The lowest BCUT2D eigenvalue weighted by Crippen LogP contribution is -2.35. The SMILES string of the molecule is CC1CCCC(Nc2cc3c(cc2Br)OCCO3)C1C. The summed E-state index contributed by atoms with van der Waals surface area (Å²) < 4.78 is 12.3. The van der Waals surface area contributed by atoms with Crippen molar-refractivity contribution in [2.24, 2.45) is 11.8 Å². The van der Waals surface area contributed by atoms with Crippen molar-refractivity contribution in [2.75, 3.05) is 18.5 Å².